The Morgan fingerprint density at radius 3 is 2.59 bits per heavy atom. The summed E-state index contributed by atoms with van der Waals surface area (Å²) in [4.78, 5) is 16.2. The molecule has 0 unspecified atom stereocenters. The van der Waals surface area contributed by atoms with Crippen molar-refractivity contribution in [1.82, 2.24) is 4.90 Å². The van der Waals surface area contributed by atoms with Crippen LogP contribution >= 0.6 is 0 Å². The summed E-state index contributed by atoms with van der Waals surface area (Å²) >= 11 is 0. The highest BCUT2D eigenvalue weighted by molar-refractivity contribution is 5.69. The van der Waals surface area contributed by atoms with Crippen molar-refractivity contribution in [3.05, 3.63) is 23.8 Å². The van der Waals surface area contributed by atoms with Crippen LogP contribution in [0.2, 0.25) is 0 Å². The Hall–Kier alpha value is -1.91. The minimum atomic E-state index is -0.429. The normalized spacial score (nSPS) is 18.0. The van der Waals surface area contributed by atoms with Crippen LogP contribution in [0.1, 0.15) is 26.3 Å². The smallest absolute Gasteiger partial charge is 0.410 e. The molecule has 22 heavy (non-hydrogen) atoms. The van der Waals surface area contributed by atoms with E-state index < -0.39 is 5.60 Å². The zero-order valence-electron chi connectivity index (χ0n) is 13.7. The number of hydrogen-bond acceptors (Lipinski definition) is 4. The van der Waals surface area contributed by atoms with Crippen LogP contribution in [-0.2, 0) is 11.2 Å². The number of benzene rings is 1. The molecule has 120 valence electrons. The summed E-state index contributed by atoms with van der Waals surface area (Å²) in [5.41, 5.74) is 3.48. The van der Waals surface area contributed by atoms with Crippen molar-refractivity contribution in [2.75, 3.05) is 42.9 Å². The van der Waals surface area contributed by atoms with E-state index in [0.717, 1.165) is 26.1 Å². The Labute approximate surface area is 132 Å². The van der Waals surface area contributed by atoms with Gasteiger partial charge in [-0.1, -0.05) is 0 Å². The number of carbonyl (C=O) groups excluding carboxylic acids is 1. The first kappa shape index (κ1) is 15.0. The van der Waals surface area contributed by atoms with E-state index in [-0.39, 0.29) is 6.09 Å². The van der Waals surface area contributed by atoms with Gasteiger partial charge in [-0.2, -0.15) is 0 Å². The third kappa shape index (κ3) is 3.29. The Bertz CT molecular complexity index is 558. The van der Waals surface area contributed by atoms with E-state index in [9.17, 15) is 4.79 Å². The lowest BCUT2D eigenvalue weighted by Crippen LogP contribution is -2.50. The highest BCUT2D eigenvalue weighted by atomic mass is 16.6. The van der Waals surface area contributed by atoms with E-state index in [2.05, 4.69) is 28.4 Å². The Balaban J connectivity index is 1.59. The van der Waals surface area contributed by atoms with E-state index in [1.165, 1.54) is 16.9 Å². The van der Waals surface area contributed by atoms with Crippen LogP contribution < -0.4 is 10.2 Å². The monoisotopic (exact) mass is 303 g/mol. The average molecular weight is 303 g/mol. The Kier molecular flexibility index (Phi) is 3.89. The van der Waals surface area contributed by atoms with E-state index in [4.69, 9.17) is 4.74 Å². The summed E-state index contributed by atoms with van der Waals surface area (Å²) < 4.78 is 5.44. The highest BCUT2D eigenvalue weighted by Gasteiger charge is 2.26. The average Bonchev–Trinajstić information content (AvgIpc) is 2.93. The van der Waals surface area contributed by atoms with Gasteiger partial charge in [0.1, 0.15) is 5.60 Å². The molecule has 1 saturated heterocycles. The van der Waals surface area contributed by atoms with Gasteiger partial charge in [-0.05, 0) is 51.0 Å². The van der Waals surface area contributed by atoms with Gasteiger partial charge in [0.2, 0.25) is 0 Å². The number of rotatable bonds is 1. The quantitative estimate of drug-likeness (QED) is 0.866. The molecule has 0 radical (unpaired) electrons. The summed E-state index contributed by atoms with van der Waals surface area (Å²) in [5.74, 6) is 0. The lowest BCUT2D eigenvalue weighted by molar-refractivity contribution is 0.0240. The van der Waals surface area contributed by atoms with Gasteiger partial charge in [-0.15, -0.1) is 0 Å². The van der Waals surface area contributed by atoms with E-state index in [0.29, 0.717) is 13.1 Å². The first-order valence-electron chi connectivity index (χ1n) is 8.02. The minimum absolute atomic E-state index is 0.203. The standard InChI is InChI=1S/C17H25N3O2/c1-17(2,3)22-16(21)20-10-8-19(9-11-20)14-4-5-15-13(12-14)6-7-18-15/h4-5,12,18H,6-11H2,1-3H3. The lowest BCUT2D eigenvalue weighted by atomic mass is 10.1. The van der Waals surface area contributed by atoms with Crippen molar-refractivity contribution in [1.29, 1.82) is 0 Å². The molecule has 0 bridgehead atoms. The molecule has 2 aliphatic heterocycles. The summed E-state index contributed by atoms with van der Waals surface area (Å²) in [5, 5.41) is 3.39. The SMILES string of the molecule is CC(C)(C)OC(=O)N1CCN(c2ccc3c(c2)CCN3)CC1. The number of carbonyl (C=O) groups is 1. The number of hydrogen-bond donors (Lipinski definition) is 1. The van der Waals surface area contributed by atoms with Gasteiger partial charge < -0.3 is 19.9 Å². The third-order valence-corrected chi connectivity index (χ3v) is 4.10. The first-order valence-corrected chi connectivity index (χ1v) is 8.02. The van der Waals surface area contributed by atoms with Crippen molar-refractivity contribution < 1.29 is 9.53 Å². The molecule has 1 N–H and O–H groups in total. The Morgan fingerprint density at radius 2 is 1.91 bits per heavy atom. The fraction of sp³-hybridized carbons (Fsp3) is 0.588. The van der Waals surface area contributed by atoms with Crippen LogP contribution in [0.25, 0.3) is 0 Å². The highest BCUT2D eigenvalue weighted by Crippen LogP contribution is 2.28. The van der Waals surface area contributed by atoms with Crippen molar-refractivity contribution >= 4 is 17.5 Å². The van der Waals surface area contributed by atoms with Crippen LogP contribution in [0.3, 0.4) is 0 Å². The summed E-state index contributed by atoms with van der Waals surface area (Å²) in [6.45, 7) is 9.87. The summed E-state index contributed by atoms with van der Waals surface area (Å²) in [7, 11) is 0. The molecule has 1 amide bonds. The third-order valence-electron chi connectivity index (χ3n) is 4.10. The molecule has 2 heterocycles. The second kappa shape index (κ2) is 5.71. The van der Waals surface area contributed by atoms with Gasteiger partial charge >= 0.3 is 6.09 Å². The predicted molar refractivity (Wildman–Crippen MR) is 88.7 cm³/mol. The van der Waals surface area contributed by atoms with Crippen molar-refractivity contribution in [2.24, 2.45) is 0 Å². The molecule has 1 fully saturated rings. The second-order valence-corrected chi connectivity index (χ2v) is 6.97. The molecule has 0 aromatic heterocycles. The predicted octanol–water partition coefficient (Wildman–Crippen LogP) is 2.71. The van der Waals surface area contributed by atoms with Crippen molar-refractivity contribution in [2.45, 2.75) is 32.8 Å². The molecular formula is C17H25N3O2. The molecule has 0 aliphatic carbocycles. The Morgan fingerprint density at radius 1 is 1.18 bits per heavy atom. The van der Waals surface area contributed by atoms with Crippen LogP contribution in [0.4, 0.5) is 16.2 Å². The largest absolute Gasteiger partial charge is 0.444 e. The van der Waals surface area contributed by atoms with Crippen molar-refractivity contribution in [3.63, 3.8) is 0 Å². The molecule has 1 aromatic carbocycles. The maximum atomic E-state index is 12.1. The maximum absolute atomic E-state index is 12.1. The number of nitrogens with one attached hydrogen (secondary N) is 1. The van der Waals surface area contributed by atoms with Gasteiger partial charge in [-0.3, -0.25) is 0 Å². The molecule has 0 atom stereocenters. The fourth-order valence-corrected chi connectivity index (χ4v) is 2.96. The topological polar surface area (TPSA) is 44.8 Å². The van der Waals surface area contributed by atoms with Gasteiger partial charge in [0.05, 0.1) is 0 Å². The van der Waals surface area contributed by atoms with Crippen LogP contribution in [0, 0.1) is 0 Å². The first-order chi connectivity index (χ1) is 10.4. The van der Waals surface area contributed by atoms with Crippen LogP contribution in [0.5, 0.6) is 0 Å². The summed E-state index contributed by atoms with van der Waals surface area (Å²) in [6, 6.07) is 6.61. The molecule has 5 nitrogen and oxygen atoms in total. The zero-order chi connectivity index (χ0) is 15.7. The molecule has 1 aromatic rings. The molecule has 3 rings (SSSR count). The number of piperazine rings is 1. The maximum Gasteiger partial charge on any atom is 0.410 e. The second-order valence-electron chi connectivity index (χ2n) is 6.97. The van der Waals surface area contributed by atoms with Gasteiger partial charge in [0, 0.05) is 44.1 Å². The van der Waals surface area contributed by atoms with Crippen molar-refractivity contribution in [3.8, 4) is 0 Å². The number of fused-ring (bicyclic) bond motifs is 1. The molecule has 0 saturated carbocycles. The number of anilines is 2. The van der Waals surface area contributed by atoms with E-state index >= 15 is 0 Å². The van der Waals surface area contributed by atoms with Gasteiger partial charge in [0.25, 0.3) is 0 Å². The molecule has 0 spiro atoms. The fourth-order valence-electron chi connectivity index (χ4n) is 2.96. The van der Waals surface area contributed by atoms with Gasteiger partial charge in [0.15, 0.2) is 0 Å². The van der Waals surface area contributed by atoms with E-state index in [1.807, 2.05) is 20.8 Å². The minimum Gasteiger partial charge on any atom is -0.444 e. The lowest BCUT2D eigenvalue weighted by Gasteiger charge is -2.36. The molecule has 2 aliphatic rings. The van der Waals surface area contributed by atoms with E-state index in [1.54, 1.807) is 4.90 Å². The van der Waals surface area contributed by atoms with Crippen LogP contribution in [-0.4, -0.2) is 49.3 Å². The number of nitrogens with zero attached hydrogens (tertiary/aromatic N) is 2. The van der Waals surface area contributed by atoms with Crippen LogP contribution in [0.15, 0.2) is 18.2 Å². The zero-order valence-corrected chi connectivity index (χ0v) is 13.7. The summed E-state index contributed by atoms with van der Waals surface area (Å²) in [6.07, 6.45) is 0.895. The number of amides is 1. The molecular weight excluding hydrogens is 278 g/mol. The van der Waals surface area contributed by atoms with Gasteiger partial charge in [-0.25, -0.2) is 4.79 Å². The molecule has 5 heteroatoms. The number of ether oxygens (including phenoxy) is 1.